The van der Waals surface area contributed by atoms with Crippen LogP contribution < -0.4 is 0 Å². The second-order valence-electron chi connectivity index (χ2n) is 4.50. The van der Waals surface area contributed by atoms with Gasteiger partial charge >= 0.3 is 5.97 Å². The van der Waals surface area contributed by atoms with Crippen LogP contribution in [-0.2, 0) is 20.9 Å². The molecule has 1 N–H and O–H groups in total. The SMILES string of the molecule is O=C(O)[C@@H](COCc1ccccc1)N1CCOCC1. The van der Waals surface area contributed by atoms with Crippen LogP contribution in [0.1, 0.15) is 5.56 Å². The van der Waals surface area contributed by atoms with Crippen molar-refractivity contribution in [1.82, 2.24) is 4.90 Å². The average Bonchev–Trinajstić information content (AvgIpc) is 2.45. The van der Waals surface area contributed by atoms with Gasteiger partial charge in [0.25, 0.3) is 0 Å². The Kier molecular flexibility index (Phi) is 5.32. The van der Waals surface area contributed by atoms with Crippen LogP contribution in [0.15, 0.2) is 30.3 Å². The number of ether oxygens (including phenoxy) is 2. The van der Waals surface area contributed by atoms with Crippen molar-refractivity contribution in [2.45, 2.75) is 12.6 Å². The molecule has 2 rings (SSSR count). The zero-order valence-corrected chi connectivity index (χ0v) is 10.8. The number of hydrogen-bond acceptors (Lipinski definition) is 4. The highest BCUT2D eigenvalue weighted by Crippen LogP contribution is 2.07. The Balaban J connectivity index is 1.82. The first-order valence-electron chi connectivity index (χ1n) is 6.43. The molecule has 0 amide bonds. The van der Waals surface area contributed by atoms with Crippen molar-refractivity contribution in [1.29, 1.82) is 0 Å². The van der Waals surface area contributed by atoms with Crippen LogP contribution in [0, 0.1) is 0 Å². The van der Waals surface area contributed by atoms with Crippen LogP contribution in [-0.4, -0.2) is 54.9 Å². The van der Waals surface area contributed by atoms with Gasteiger partial charge < -0.3 is 14.6 Å². The van der Waals surface area contributed by atoms with Gasteiger partial charge in [-0.3, -0.25) is 9.69 Å². The third kappa shape index (κ3) is 4.31. The molecule has 0 aromatic heterocycles. The largest absolute Gasteiger partial charge is 0.480 e. The highest BCUT2D eigenvalue weighted by atomic mass is 16.5. The Morgan fingerprint density at radius 1 is 1.32 bits per heavy atom. The predicted molar refractivity (Wildman–Crippen MR) is 69.9 cm³/mol. The minimum Gasteiger partial charge on any atom is -0.480 e. The Bertz CT molecular complexity index is 390. The summed E-state index contributed by atoms with van der Waals surface area (Å²) in [6.07, 6.45) is 0. The van der Waals surface area contributed by atoms with Crippen molar-refractivity contribution in [3.05, 3.63) is 35.9 Å². The van der Waals surface area contributed by atoms with Gasteiger partial charge in [0.1, 0.15) is 6.04 Å². The van der Waals surface area contributed by atoms with E-state index in [0.29, 0.717) is 32.9 Å². The van der Waals surface area contributed by atoms with Crippen LogP contribution in [0.2, 0.25) is 0 Å². The molecule has 0 radical (unpaired) electrons. The Morgan fingerprint density at radius 3 is 2.63 bits per heavy atom. The molecule has 0 spiro atoms. The van der Waals surface area contributed by atoms with E-state index in [-0.39, 0.29) is 6.61 Å². The molecule has 1 aliphatic heterocycles. The molecule has 1 atom stereocenters. The quantitative estimate of drug-likeness (QED) is 0.831. The molecule has 5 heteroatoms. The van der Waals surface area contributed by atoms with E-state index in [0.717, 1.165) is 5.56 Å². The van der Waals surface area contributed by atoms with Gasteiger partial charge in [0.2, 0.25) is 0 Å². The van der Waals surface area contributed by atoms with Crippen molar-refractivity contribution < 1.29 is 19.4 Å². The van der Waals surface area contributed by atoms with Gasteiger partial charge in [-0.05, 0) is 5.56 Å². The summed E-state index contributed by atoms with van der Waals surface area (Å²) in [6, 6.07) is 9.16. The molecule has 0 saturated carbocycles. The van der Waals surface area contributed by atoms with E-state index >= 15 is 0 Å². The van der Waals surface area contributed by atoms with Gasteiger partial charge in [-0.25, -0.2) is 0 Å². The lowest BCUT2D eigenvalue weighted by atomic mass is 10.2. The van der Waals surface area contributed by atoms with Gasteiger partial charge in [0, 0.05) is 13.1 Å². The summed E-state index contributed by atoms with van der Waals surface area (Å²) in [5, 5.41) is 9.26. The fourth-order valence-electron chi connectivity index (χ4n) is 2.08. The van der Waals surface area contributed by atoms with Gasteiger partial charge in [-0.15, -0.1) is 0 Å². The fourth-order valence-corrected chi connectivity index (χ4v) is 2.08. The van der Waals surface area contributed by atoms with Crippen molar-refractivity contribution in [3.8, 4) is 0 Å². The highest BCUT2D eigenvalue weighted by molar-refractivity contribution is 5.73. The Hall–Kier alpha value is -1.43. The Morgan fingerprint density at radius 2 is 2.00 bits per heavy atom. The molecule has 1 aliphatic rings. The number of carboxylic acid groups (broad SMARTS) is 1. The molecule has 104 valence electrons. The predicted octanol–water partition coefficient (Wildman–Crippen LogP) is 0.989. The number of rotatable bonds is 6. The Labute approximate surface area is 112 Å². The van der Waals surface area contributed by atoms with Gasteiger partial charge in [0.15, 0.2) is 0 Å². The summed E-state index contributed by atoms with van der Waals surface area (Å²) in [5.41, 5.74) is 1.05. The van der Waals surface area contributed by atoms with Crippen LogP contribution in [0.5, 0.6) is 0 Å². The summed E-state index contributed by atoms with van der Waals surface area (Å²) in [7, 11) is 0. The third-order valence-electron chi connectivity index (χ3n) is 3.16. The first-order chi connectivity index (χ1) is 9.27. The smallest absolute Gasteiger partial charge is 0.323 e. The standard InChI is InChI=1S/C14H19NO4/c16-14(17)13(15-6-8-18-9-7-15)11-19-10-12-4-2-1-3-5-12/h1-5,13H,6-11H2,(H,16,17)/t13-/m1/s1. The lowest BCUT2D eigenvalue weighted by Crippen LogP contribution is -2.49. The number of morpholine rings is 1. The first kappa shape index (κ1) is 14.0. The second kappa shape index (κ2) is 7.23. The number of carbonyl (C=O) groups is 1. The first-order valence-corrected chi connectivity index (χ1v) is 6.43. The van der Waals surface area contributed by atoms with E-state index in [1.54, 1.807) is 0 Å². The van der Waals surface area contributed by atoms with Crippen LogP contribution in [0.3, 0.4) is 0 Å². The summed E-state index contributed by atoms with van der Waals surface area (Å²) < 4.78 is 10.8. The summed E-state index contributed by atoms with van der Waals surface area (Å²) in [4.78, 5) is 13.2. The molecule has 0 bridgehead atoms. The topological polar surface area (TPSA) is 59.0 Å². The van der Waals surface area contributed by atoms with Gasteiger partial charge in [0.05, 0.1) is 26.4 Å². The van der Waals surface area contributed by atoms with Crippen molar-refractivity contribution in [2.24, 2.45) is 0 Å². The van der Waals surface area contributed by atoms with Crippen LogP contribution in [0.4, 0.5) is 0 Å². The molecule has 1 aromatic carbocycles. The van der Waals surface area contributed by atoms with Gasteiger partial charge in [-0.2, -0.15) is 0 Å². The fraction of sp³-hybridized carbons (Fsp3) is 0.500. The molecular formula is C14H19NO4. The molecule has 1 heterocycles. The maximum atomic E-state index is 11.3. The molecular weight excluding hydrogens is 246 g/mol. The van der Waals surface area contributed by atoms with Crippen molar-refractivity contribution >= 4 is 5.97 Å². The number of benzene rings is 1. The monoisotopic (exact) mass is 265 g/mol. The van der Waals surface area contributed by atoms with E-state index in [2.05, 4.69) is 0 Å². The number of aliphatic carboxylic acids is 1. The summed E-state index contributed by atoms with van der Waals surface area (Å²) in [5.74, 6) is -0.838. The van der Waals surface area contributed by atoms with E-state index in [4.69, 9.17) is 9.47 Å². The minimum absolute atomic E-state index is 0.199. The van der Waals surface area contributed by atoms with Crippen LogP contribution >= 0.6 is 0 Å². The third-order valence-corrected chi connectivity index (χ3v) is 3.16. The van der Waals surface area contributed by atoms with Gasteiger partial charge in [-0.1, -0.05) is 30.3 Å². The zero-order chi connectivity index (χ0) is 13.5. The average molecular weight is 265 g/mol. The number of carboxylic acids is 1. The molecule has 1 saturated heterocycles. The summed E-state index contributed by atoms with van der Waals surface area (Å²) >= 11 is 0. The normalized spacial score (nSPS) is 18.1. The van der Waals surface area contributed by atoms with Crippen molar-refractivity contribution in [2.75, 3.05) is 32.9 Å². The van der Waals surface area contributed by atoms with E-state index in [1.807, 2.05) is 35.2 Å². The summed E-state index contributed by atoms with van der Waals surface area (Å²) in [6.45, 7) is 3.10. The molecule has 0 unspecified atom stereocenters. The van der Waals surface area contributed by atoms with E-state index in [9.17, 15) is 9.90 Å². The van der Waals surface area contributed by atoms with Crippen molar-refractivity contribution in [3.63, 3.8) is 0 Å². The maximum absolute atomic E-state index is 11.3. The lowest BCUT2D eigenvalue weighted by molar-refractivity contribution is -0.148. The highest BCUT2D eigenvalue weighted by Gasteiger charge is 2.27. The maximum Gasteiger partial charge on any atom is 0.323 e. The van der Waals surface area contributed by atoms with Crippen LogP contribution in [0.25, 0.3) is 0 Å². The lowest BCUT2D eigenvalue weighted by Gasteiger charge is -2.31. The number of nitrogens with zero attached hydrogens (tertiary/aromatic N) is 1. The van der Waals surface area contributed by atoms with E-state index in [1.165, 1.54) is 0 Å². The zero-order valence-electron chi connectivity index (χ0n) is 10.8. The molecule has 1 fully saturated rings. The molecule has 0 aliphatic carbocycles. The second-order valence-corrected chi connectivity index (χ2v) is 4.50. The minimum atomic E-state index is -0.838. The molecule has 1 aromatic rings. The number of hydrogen-bond donors (Lipinski definition) is 1. The van der Waals surface area contributed by atoms with E-state index < -0.39 is 12.0 Å². The molecule has 5 nitrogen and oxygen atoms in total. The molecule has 19 heavy (non-hydrogen) atoms.